The van der Waals surface area contributed by atoms with Crippen molar-refractivity contribution in [3.8, 4) is 23.6 Å². The van der Waals surface area contributed by atoms with Gasteiger partial charge in [0.1, 0.15) is 0 Å². The zero-order chi connectivity index (χ0) is 17.4. The van der Waals surface area contributed by atoms with Crippen molar-refractivity contribution >= 4 is 5.82 Å². The van der Waals surface area contributed by atoms with Crippen LogP contribution in [0.5, 0.6) is 0 Å². The second kappa shape index (κ2) is 6.16. The summed E-state index contributed by atoms with van der Waals surface area (Å²) >= 11 is 0. The van der Waals surface area contributed by atoms with Crippen LogP contribution in [0.1, 0.15) is 49.3 Å². The molecule has 0 radical (unpaired) electrons. The van der Waals surface area contributed by atoms with Crippen LogP contribution in [0.3, 0.4) is 0 Å². The summed E-state index contributed by atoms with van der Waals surface area (Å²) in [6.07, 6.45) is 11.4. The fourth-order valence-electron chi connectivity index (χ4n) is 4.02. The molecule has 1 heterocycles. The molecule has 25 heavy (non-hydrogen) atoms. The molecule has 4 nitrogen and oxygen atoms in total. The van der Waals surface area contributed by atoms with Gasteiger partial charge in [0.15, 0.2) is 5.82 Å². The topological polar surface area (TPSA) is 58.0 Å². The number of nitrogens with zero attached hydrogens (tertiary/aromatic N) is 2. The lowest BCUT2D eigenvalue weighted by atomic mass is 9.77. The molecule has 128 valence electrons. The average Bonchev–Trinajstić information content (AvgIpc) is 2.60. The minimum absolute atomic E-state index is 0.288. The highest BCUT2D eigenvalue weighted by molar-refractivity contribution is 5.68. The quantitative estimate of drug-likeness (QED) is 0.846. The predicted molar refractivity (Wildman–Crippen MR) is 99.3 cm³/mol. The van der Waals surface area contributed by atoms with Crippen molar-refractivity contribution in [3.63, 3.8) is 0 Å². The molecule has 0 saturated heterocycles. The summed E-state index contributed by atoms with van der Waals surface area (Å²) in [5.41, 5.74) is 4.99. The molecule has 1 saturated carbocycles. The third kappa shape index (κ3) is 3.12. The van der Waals surface area contributed by atoms with Gasteiger partial charge in [-0.1, -0.05) is 18.1 Å². The molecule has 0 aliphatic heterocycles. The van der Waals surface area contributed by atoms with E-state index in [1.165, 1.54) is 24.0 Å². The highest BCUT2D eigenvalue weighted by atomic mass is 16.3. The SMILES string of the molecule is C#Cc1ccc(-c2nnc(NC3CC(C)(O)C3)c3c2CCCC3)cc1. The molecule has 0 atom stereocenters. The maximum Gasteiger partial charge on any atom is 0.152 e. The summed E-state index contributed by atoms with van der Waals surface area (Å²) in [7, 11) is 0. The fraction of sp³-hybridized carbons (Fsp3) is 0.429. The van der Waals surface area contributed by atoms with Crippen molar-refractivity contribution < 1.29 is 5.11 Å². The standard InChI is InChI=1S/C21H23N3O/c1-3-14-8-10-15(11-9-14)19-17-6-4-5-7-18(17)20(24-23-19)22-16-12-21(2,25)13-16/h1,8-11,16,25H,4-7,12-13H2,2H3,(H,22,24). The summed E-state index contributed by atoms with van der Waals surface area (Å²) < 4.78 is 0. The van der Waals surface area contributed by atoms with E-state index in [0.717, 1.165) is 48.3 Å². The zero-order valence-corrected chi connectivity index (χ0v) is 14.5. The summed E-state index contributed by atoms with van der Waals surface area (Å²) in [5.74, 6) is 3.55. The lowest BCUT2D eigenvalue weighted by Gasteiger charge is -2.41. The number of hydrogen-bond acceptors (Lipinski definition) is 4. The summed E-state index contributed by atoms with van der Waals surface area (Å²) in [4.78, 5) is 0. The number of anilines is 1. The van der Waals surface area contributed by atoms with E-state index in [1.807, 2.05) is 31.2 Å². The molecule has 1 aromatic carbocycles. The number of fused-ring (bicyclic) bond motifs is 1. The molecule has 2 N–H and O–H groups in total. The van der Waals surface area contributed by atoms with E-state index in [9.17, 15) is 5.11 Å². The van der Waals surface area contributed by atoms with Crippen LogP contribution in [-0.2, 0) is 12.8 Å². The van der Waals surface area contributed by atoms with E-state index in [1.54, 1.807) is 0 Å². The Balaban J connectivity index is 1.66. The number of rotatable bonds is 3. The van der Waals surface area contributed by atoms with Gasteiger partial charge < -0.3 is 10.4 Å². The molecule has 0 unspecified atom stereocenters. The highest BCUT2D eigenvalue weighted by Crippen LogP contribution is 2.37. The first kappa shape index (κ1) is 16.1. The van der Waals surface area contributed by atoms with Crippen molar-refractivity contribution in [2.75, 3.05) is 5.32 Å². The average molecular weight is 333 g/mol. The van der Waals surface area contributed by atoms with Crippen LogP contribution in [0.25, 0.3) is 11.3 Å². The van der Waals surface area contributed by atoms with Gasteiger partial charge in [0.2, 0.25) is 0 Å². The van der Waals surface area contributed by atoms with E-state index in [2.05, 4.69) is 21.4 Å². The predicted octanol–water partition coefficient (Wildman–Crippen LogP) is 3.33. The second-order valence-corrected chi connectivity index (χ2v) is 7.53. The fourth-order valence-corrected chi connectivity index (χ4v) is 4.02. The first-order valence-electron chi connectivity index (χ1n) is 9.00. The maximum absolute atomic E-state index is 9.95. The van der Waals surface area contributed by atoms with Gasteiger partial charge in [-0.2, -0.15) is 0 Å². The number of hydrogen-bond donors (Lipinski definition) is 2. The lowest BCUT2D eigenvalue weighted by Crippen LogP contribution is -2.48. The monoisotopic (exact) mass is 333 g/mol. The molecule has 1 aromatic heterocycles. The molecule has 0 bridgehead atoms. The normalized spacial score (nSPS) is 24.8. The van der Waals surface area contributed by atoms with Crippen LogP contribution >= 0.6 is 0 Å². The van der Waals surface area contributed by atoms with E-state index in [4.69, 9.17) is 6.42 Å². The summed E-state index contributed by atoms with van der Waals surface area (Å²) in [5, 5.41) is 22.5. The molecule has 2 aromatic rings. The maximum atomic E-state index is 9.95. The molecule has 4 rings (SSSR count). The van der Waals surface area contributed by atoms with Crippen LogP contribution in [0.4, 0.5) is 5.82 Å². The molecule has 0 spiro atoms. The molecule has 1 fully saturated rings. The zero-order valence-electron chi connectivity index (χ0n) is 14.5. The summed E-state index contributed by atoms with van der Waals surface area (Å²) in [6.45, 7) is 1.88. The van der Waals surface area contributed by atoms with Crippen molar-refractivity contribution in [1.82, 2.24) is 10.2 Å². The Hall–Kier alpha value is -2.38. The smallest absolute Gasteiger partial charge is 0.152 e. The second-order valence-electron chi connectivity index (χ2n) is 7.53. The Morgan fingerprint density at radius 1 is 1.12 bits per heavy atom. The van der Waals surface area contributed by atoms with Crippen LogP contribution in [-0.4, -0.2) is 26.9 Å². The Morgan fingerprint density at radius 3 is 2.44 bits per heavy atom. The minimum atomic E-state index is -0.538. The Bertz CT molecular complexity index is 825. The van der Waals surface area contributed by atoms with Crippen molar-refractivity contribution in [1.29, 1.82) is 0 Å². The number of terminal acetylenes is 1. The minimum Gasteiger partial charge on any atom is -0.390 e. The van der Waals surface area contributed by atoms with Crippen molar-refractivity contribution in [2.24, 2.45) is 0 Å². The summed E-state index contributed by atoms with van der Waals surface area (Å²) in [6, 6.07) is 8.26. The van der Waals surface area contributed by atoms with Crippen molar-refractivity contribution in [3.05, 3.63) is 41.0 Å². The molecule has 2 aliphatic carbocycles. The number of benzene rings is 1. The highest BCUT2D eigenvalue weighted by Gasteiger charge is 2.39. The van der Waals surface area contributed by atoms with Crippen LogP contribution < -0.4 is 5.32 Å². The Labute approximate surface area is 148 Å². The van der Waals surface area contributed by atoms with Gasteiger partial charge in [-0.15, -0.1) is 16.6 Å². The molecule has 2 aliphatic rings. The molecule has 0 amide bonds. The van der Waals surface area contributed by atoms with Gasteiger partial charge in [0.25, 0.3) is 0 Å². The number of nitrogens with one attached hydrogen (secondary N) is 1. The third-order valence-corrected chi connectivity index (χ3v) is 5.33. The van der Waals surface area contributed by atoms with E-state index in [0.29, 0.717) is 0 Å². The number of aliphatic hydroxyl groups is 1. The van der Waals surface area contributed by atoms with Crippen molar-refractivity contribution in [2.45, 2.75) is 57.1 Å². The Kier molecular flexibility index (Phi) is 3.97. The first-order chi connectivity index (χ1) is 12.1. The van der Waals surface area contributed by atoms with Gasteiger partial charge in [0, 0.05) is 22.7 Å². The van der Waals surface area contributed by atoms with E-state index < -0.39 is 5.60 Å². The van der Waals surface area contributed by atoms with Gasteiger partial charge in [-0.05, 0) is 63.1 Å². The van der Waals surface area contributed by atoms with Gasteiger partial charge >= 0.3 is 0 Å². The van der Waals surface area contributed by atoms with Crippen LogP contribution in [0.15, 0.2) is 24.3 Å². The van der Waals surface area contributed by atoms with Gasteiger partial charge in [0.05, 0.1) is 11.3 Å². The van der Waals surface area contributed by atoms with Crippen LogP contribution in [0.2, 0.25) is 0 Å². The third-order valence-electron chi connectivity index (χ3n) is 5.33. The van der Waals surface area contributed by atoms with E-state index in [-0.39, 0.29) is 6.04 Å². The molecule has 4 heteroatoms. The lowest BCUT2D eigenvalue weighted by molar-refractivity contribution is -0.0235. The first-order valence-corrected chi connectivity index (χ1v) is 9.00. The van der Waals surface area contributed by atoms with E-state index >= 15 is 0 Å². The Morgan fingerprint density at radius 2 is 1.80 bits per heavy atom. The van der Waals surface area contributed by atoms with Gasteiger partial charge in [-0.25, -0.2) is 0 Å². The number of aromatic nitrogens is 2. The largest absolute Gasteiger partial charge is 0.390 e. The van der Waals surface area contributed by atoms with Gasteiger partial charge in [-0.3, -0.25) is 0 Å². The molecular weight excluding hydrogens is 310 g/mol. The van der Waals surface area contributed by atoms with Crippen LogP contribution in [0, 0.1) is 12.3 Å². The molecular formula is C21H23N3O.